The molecule has 1 fully saturated rings. The summed E-state index contributed by atoms with van der Waals surface area (Å²) < 4.78 is 4.69. The maximum absolute atomic E-state index is 10.5. The van der Waals surface area contributed by atoms with Gasteiger partial charge in [-0.3, -0.25) is 0 Å². The van der Waals surface area contributed by atoms with Crippen molar-refractivity contribution in [2.24, 2.45) is 0 Å². The quantitative estimate of drug-likeness (QED) is 0.481. The molecular weight excluding hydrogens is 144 g/mol. The lowest BCUT2D eigenvalue weighted by molar-refractivity contribution is -0.151. The summed E-state index contributed by atoms with van der Waals surface area (Å²) in [7, 11) is 0. The topological polar surface area (TPSA) is 46.5 Å². The minimum absolute atomic E-state index is 0.109. The molecule has 0 aromatic heterocycles. The highest BCUT2D eigenvalue weighted by atomic mass is 16.5. The molecule has 0 saturated heterocycles. The molecule has 0 bridgehead atoms. The SMILES string of the molecule is C=CC(=O)OCC1(O)CCC1. The minimum Gasteiger partial charge on any atom is -0.459 e. The van der Waals surface area contributed by atoms with Crippen LogP contribution in [-0.2, 0) is 9.53 Å². The number of carbonyl (C=O) groups excluding carboxylic acids is 1. The molecule has 0 heterocycles. The van der Waals surface area contributed by atoms with Crippen LogP contribution in [0.2, 0.25) is 0 Å². The van der Waals surface area contributed by atoms with Crippen molar-refractivity contribution in [3.05, 3.63) is 12.7 Å². The molecule has 0 unspecified atom stereocenters. The highest BCUT2D eigenvalue weighted by Gasteiger charge is 2.35. The number of aliphatic hydroxyl groups is 1. The fourth-order valence-electron chi connectivity index (χ4n) is 0.994. The predicted molar refractivity (Wildman–Crippen MR) is 40.0 cm³/mol. The lowest BCUT2D eigenvalue weighted by Crippen LogP contribution is -2.42. The Morgan fingerprint density at radius 3 is 2.73 bits per heavy atom. The summed E-state index contributed by atoms with van der Waals surface area (Å²) in [4.78, 5) is 10.5. The van der Waals surface area contributed by atoms with Crippen LogP contribution in [0.3, 0.4) is 0 Å². The van der Waals surface area contributed by atoms with Crippen molar-refractivity contribution < 1.29 is 14.6 Å². The fourth-order valence-corrected chi connectivity index (χ4v) is 0.994. The van der Waals surface area contributed by atoms with Crippen molar-refractivity contribution in [2.45, 2.75) is 24.9 Å². The Hall–Kier alpha value is -0.830. The van der Waals surface area contributed by atoms with Crippen LogP contribution in [0.15, 0.2) is 12.7 Å². The molecule has 0 aromatic rings. The normalized spacial score (nSPS) is 20.1. The second-order valence-corrected chi connectivity index (χ2v) is 2.89. The van der Waals surface area contributed by atoms with E-state index in [4.69, 9.17) is 4.74 Å². The molecule has 0 radical (unpaired) electrons. The smallest absolute Gasteiger partial charge is 0.330 e. The fraction of sp³-hybridized carbons (Fsp3) is 0.625. The largest absolute Gasteiger partial charge is 0.459 e. The van der Waals surface area contributed by atoms with Crippen molar-refractivity contribution in [3.63, 3.8) is 0 Å². The standard InChI is InChI=1S/C8H12O3/c1-2-7(9)11-6-8(10)4-3-5-8/h2,10H,1,3-6H2. The van der Waals surface area contributed by atoms with Gasteiger partial charge in [-0.15, -0.1) is 0 Å². The first kappa shape index (κ1) is 8.27. The van der Waals surface area contributed by atoms with Gasteiger partial charge in [0.2, 0.25) is 0 Å². The summed E-state index contributed by atoms with van der Waals surface area (Å²) in [6.45, 7) is 3.36. The Bertz CT molecular complexity index is 170. The van der Waals surface area contributed by atoms with E-state index in [-0.39, 0.29) is 6.61 Å². The lowest BCUT2D eigenvalue weighted by atomic mass is 9.81. The third-order valence-electron chi connectivity index (χ3n) is 1.93. The van der Waals surface area contributed by atoms with Crippen LogP contribution >= 0.6 is 0 Å². The van der Waals surface area contributed by atoms with Gasteiger partial charge >= 0.3 is 5.97 Å². The van der Waals surface area contributed by atoms with Crippen LogP contribution in [0.4, 0.5) is 0 Å². The van der Waals surface area contributed by atoms with Gasteiger partial charge < -0.3 is 9.84 Å². The number of carbonyl (C=O) groups is 1. The second-order valence-electron chi connectivity index (χ2n) is 2.89. The Kier molecular flexibility index (Phi) is 2.29. The Morgan fingerprint density at radius 1 is 1.73 bits per heavy atom. The van der Waals surface area contributed by atoms with Crippen molar-refractivity contribution in [1.29, 1.82) is 0 Å². The summed E-state index contributed by atoms with van der Waals surface area (Å²) in [5.41, 5.74) is -0.737. The van der Waals surface area contributed by atoms with E-state index < -0.39 is 11.6 Å². The van der Waals surface area contributed by atoms with Gasteiger partial charge in [-0.05, 0) is 19.3 Å². The third kappa shape index (κ3) is 2.05. The van der Waals surface area contributed by atoms with Gasteiger partial charge in [0, 0.05) is 6.08 Å². The van der Waals surface area contributed by atoms with Crippen LogP contribution in [-0.4, -0.2) is 23.3 Å². The molecule has 1 aliphatic carbocycles. The zero-order valence-electron chi connectivity index (χ0n) is 6.38. The van der Waals surface area contributed by atoms with Gasteiger partial charge in [0.1, 0.15) is 6.61 Å². The first-order chi connectivity index (χ1) is 5.16. The van der Waals surface area contributed by atoms with E-state index in [0.717, 1.165) is 25.3 Å². The first-order valence-electron chi connectivity index (χ1n) is 3.68. The van der Waals surface area contributed by atoms with Gasteiger partial charge in [0.25, 0.3) is 0 Å². The molecule has 0 aliphatic heterocycles. The number of esters is 1. The van der Waals surface area contributed by atoms with Crippen LogP contribution in [0.5, 0.6) is 0 Å². The number of ether oxygens (including phenoxy) is 1. The molecule has 1 N–H and O–H groups in total. The maximum atomic E-state index is 10.5. The number of hydrogen-bond donors (Lipinski definition) is 1. The molecule has 1 aliphatic rings. The molecule has 1 rings (SSSR count). The zero-order valence-corrected chi connectivity index (χ0v) is 6.38. The molecule has 3 heteroatoms. The number of hydrogen-bond acceptors (Lipinski definition) is 3. The molecule has 0 atom stereocenters. The van der Waals surface area contributed by atoms with E-state index in [1.807, 2.05) is 0 Å². The van der Waals surface area contributed by atoms with E-state index >= 15 is 0 Å². The van der Waals surface area contributed by atoms with E-state index in [1.165, 1.54) is 0 Å². The van der Waals surface area contributed by atoms with Crippen LogP contribution in [0.1, 0.15) is 19.3 Å². The highest BCUT2D eigenvalue weighted by molar-refractivity contribution is 5.81. The average Bonchev–Trinajstić information content (AvgIpc) is 1.96. The molecule has 0 amide bonds. The first-order valence-corrected chi connectivity index (χ1v) is 3.68. The molecule has 62 valence electrons. The summed E-state index contributed by atoms with van der Waals surface area (Å²) in [6.07, 6.45) is 3.58. The maximum Gasteiger partial charge on any atom is 0.330 e. The lowest BCUT2D eigenvalue weighted by Gasteiger charge is -2.35. The molecule has 11 heavy (non-hydrogen) atoms. The van der Waals surface area contributed by atoms with Crippen molar-refractivity contribution >= 4 is 5.97 Å². The van der Waals surface area contributed by atoms with Crippen LogP contribution in [0.25, 0.3) is 0 Å². The Morgan fingerprint density at radius 2 is 2.36 bits per heavy atom. The van der Waals surface area contributed by atoms with Gasteiger partial charge in [0.05, 0.1) is 5.60 Å². The van der Waals surface area contributed by atoms with E-state index in [2.05, 4.69) is 6.58 Å². The Balaban J connectivity index is 2.21. The Labute approximate surface area is 65.7 Å². The molecule has 0 aromatic carbocycles. The third-order valence-corrected chi connectivity index (χ3v) is 1.93. The molecule has 0 spiro atoms. The predicted octanol–water partition coefficient (Wildman–Crippen LogP) is 0.631. The zero-order chi connectivity index (χ0) is 8.32. The van der Waals surface area contributed by atoms with E-state index in [0.29, 0.717) is 0 Å². The summed E-state index contributed by atoms with van der Waals surface area (Å²) in [6, 6.07) is 0. The van der Waals surface area contributed by atoms with Crippen molar-refractivity contribution in [2.75, 3.05) is 6.61 Å². The van der Waals surface area contributed by atoms with Gasteiger partial charge in [-0.2, -0.15) is 0 Å². The molecular formula is C8H12O3. The van der Waals surface area contributed by atoms with Gasteiger partial charge in [-0.25, -0.2) is 4.79 Å². The summed E-state index contributed by atoms with van der Waals surface area (Å²) in [5.74, 6) is -0.467. The average molecular weight is 156 g/mol. The summed E-state index contributed by atoms with van der Waals surface area (Å²) in [5, 5.41) is 9.44. The second kappa shape index (κ2) is 3.05. The highest BCUT2D eigenvalue weighted by Crippen LogP contribution is 2.31. The van der Waals surface area contributed by atoms with Crippen LogP contribution in [0, 0.1) is 0 Å². The van der Waals surface area contributed by atoms with Crippen molar-refractivity contribution in [1.82, 2.24) is 0 Å². The minimum atomic E-state index is -0.737. The van der Waals surface area contributed by atoms with E-state index in [9.17, 15) is 9.90 Å². The number of rotatable bonds is 3. The molecule has 1 saturated carbocycles. The monoisotopic (exact) mass is 156 g/mol. The van der Waals surface area contributed by atoms with Gasteiger partial charge in [0.15, 0.2) is 0 Å². The molecule has 3 nitrogen and oxygen atoms in total. The van der Waals surface area contributed by atoms with Crippen LogP contribution < -0.4 is 0 Å². The van der Waals surface area contributed by atoms with E-state index in [1.54, 1.807) is 0 Å². The van der Waals surface area contributed by atoms with Gasteiger partial charge in [-0.1, -0.05) is 6.58 Å². The summed E-state index contributed by atoms with van der Waals surface area (Å²) >= 11 is 0. The van der Waals surface area contributed by atoms with Crippen molar-refractivity contribution in [3.8, 4) is 0 Å².